The van der Waals surface area contributed by atoms with E-state index in [4.69, 9.17) is 5.11 Å². The maximum Gasteiger partial charge on any atom is 0.352 e. The summed E-state index contributed by atoms with van der Waals surface area (Å²) >= 11 is 0. The fourth-order valence-electron chi connectivity index (χ4n) is 1.99. The Bertz CT molecular complexity index is 680. The van der Waals surface area contributed by atoms with Crippen molar-refractivity contribution in [2.45, 2.75) is 6.04 Å². The Balaban J connectivity index is 2.15. The molecule has 0 fully saturated rings. The molecule has 0 saturated heterocycles. The van der Waals surface area contributed by atoms with Gasteiger partial charge in [-0.3, -0.25) is 0 Å². The Hall–Kier alpha value is -2.70. The van der Waals surface area contributed by atoms with E-state index in [-0.39, 0.29) is 11.6 Å². The van der Waals surface area contributed by atoms with Gasteiger partial charge in [0.2, 0.25) is 5.95 Å². The Labute approximate surface area is 107 Å². The third-order valence-corrected chi connectivity index (χ3v) is 2.86. The van der Waals surface area contributed by atoms with Gasteiger partial charge < -0.3 is 10.4 Å². The quantitative estimate of drug-likeness (QED) is 0.853. The SMILES string of the molecule is O=C(O)C1=C[C@H](c2ccccc2F)n2ncnc2N1. The van der Waals surface area contributed by atoms with E-state index in [1.807, 2.05) is 0 Å². The first kappa shape index (κ1) is 11.4. The minimum atomic E-state index is -1.13. The fourth-order valence-corrected chi connectivity index (χ4v) is 1.99. The first-order chi connectivity index (χ1) is 9.16. The number of fused-ring (bicyclic) bond motifs is 1. The van der Waals surface area contributed by atoms with Gasteiger partial charge in [0.15, 0.2) is 0 Å². The van der Waals surface area contributed by atoms with Gasteiger partial charge >= 0.3 is 5.97 Å². The summed E-state index contributed by atoms with van der Waals surface area (Å²) in [6, 6.07) is 5.54. The number of carboxylic acid groups (broad SMARTS) is 1. The highest BCUT2D eigenvalue weighted by Crippen LogP contribution is 2.29. The molecule has 3 rings (SSSR count). The Kier molecular flexibility index (Phi) is 2.52. The van der Waals surface area contributed by atoms with Crippen molar-refractivity contribution in [1.29, 1.82) is 0 Å². The molecule has 1 atom stereocenters. The lowest BCUT2D eigenvalue weighted by atomic mass is 10.0. The van der Waals surface area contributed by atoms with E-state index in [0.29, 0.717) is 5.56 Å². The number of carbonyl (C=O) groups is 1. The summed E-state index contributed by atoms with van der Waals surface area (Å²) in [5, 5.41) is 15.7. The summed E-state index contributed by atoms with van der Waals surface area (Å²) in [5.41, 5.74) is 0.295. The average molecular weight is 260 g/mol. The summed E-state index contributed by atoms with van der Waals surface area (Å²) < 4.78 is 15.3. The van der Waals surface area contributed by atoms with Crippen LogP contribution in [-0.4, -0.2) is 25.8 Å². The number of halogens is 1. The monoisotopic (exact) mass is 260 g/mol. The van der Waals surface area contributed by atoms with Gasteiger partial charge in [-0.15, -0.1) is 0 Å². The number of hydrogen-bond donors (Lipinski definition) is 2. The molecule has 7 heteroatoms. The normalized spacial score (nSPS) is 17.3. The number of rotatable bonds is 2. The molecular formula is C12H9FN4O2. The van der Waals surface area contributed by atoms with E-state index in [0.717, 1.165) is 0 Å². The van der Waals surface area contributed by atoms with E-state index in [1.54, 1.807) is 18.2 Å². The molecule has 1 aliphatic rings. The second kappa shape index (κ2) is 4.20. The van der Waals surface area contributed by atoms with Crippen LogP contribution >= 0.6 is 0 Å². The van der Waals surface area contributed by atoms with Crippen LogP contribution in [0.1, 0.15) is 11.6 Å². The average Bonchev–Trinajstić information content (AvgIpc) is 2.86. The number of aliphatic carboxylic acids is 1. The zero-order valence-corrected chi connectivity index (χ0v) is 9.62. The molecule has 0 bridgehead atoms. The van der Waals surface area contributed by atoms with Gasteiger partial charge in [0.1, 0.15) is 23.9 Å². The Morgan fingerprint density at radius 3 is 2.95 bits per heavy atom. The highest BCUT2D eigenvalue weighted by molar-refractivity contribution is 5.90. The van der Waals surface area contributed by atoms with Crippen LogP contribution in [0.3, 0.4) is 0 Å². The summed E-state index contributed by atoms with van der Waals surface area (Å²) in [5.74, 6) is -1.28. The third kappa shape index (κ3) is 1.85. The minimum absolute atomic E-state index is 0.0475. The molecule has 0 aliphatic carbocycles. The molecule has 0 amide bonds. The molecule has 0 saturated carbocycles. The highest BCUT2D eigenvalue weighted by atomic mass is 19.1. The molecule has 0 radical (unpaired) electrons. The summed E-state index contributed by atoms with van der Waals surface area (Å²) in [4.78, 5) is 15.0. The van der Waals surface area contributed by atoms with Gasteiger partial charge in [0, 0.05) is 5.56 Å². The maximum absolute atomic E-state index is 13.8. The molecule has 6 nitrogen and oxygen atoms in total. The van der Waals surface area contributed by atoms with Crippen molar-refractivity contribution in [1.82, 2.24) is 14.8 Å². The van der Waals surface area contributed by atoms with Gasteiger partial charge in [-0.25, -0.2) is 13.9 Å². The van der Waals surface area contributed by atoms with Crippen molar-refractivity contribution in [3.05, 3.63) is 53.7 Å². The first-order valence-electron chi connectivity index (χ1n) is 5.53. The van der Waals surface area contributed by atoms with E-state index in [2.05, 4.69) is 15.4 Å². The number of carboxylic acids is 1. The lowest BCUT2D eigenvalue weighted by Gasteiger charge is -2.22. The Morgan fingerprint density at radius 2 is 2.21 bits per heavy atom. The van der Waals surface area contributed by atoms with E-state index in [9.17, 15) is 9.18 Å². The van der Waals surface area contributed by atoms with Crippen LogP contribution in [0, 0.1) is 5.82 Å². The number of aromatic nitrogens is 3. The molecule has 2 aromatic rings. The van der Waals surface area contributed by atoms with Crippen LogP contribution in [0.25, 0.3) is 0 Å². The van der Waals surface area contributed by atoms with E-state index >= 15 is 0 Å². The number of nitrogens with zero attached hydrogens (tertiary/aromatic N) is 3. The highest BCUT2D eigenvalue weighted by Gasteiger charge is 2.26. The van der Waals surface area contributed by atoms with Crippen molar-refractivity contribution < 1.29 is 14.3 Å². The van der Waals surface area contributed by atoms with Gasteiger partial charge in [-0.2, -0.15) is 10.1 Å². The van der Waals surface area contributed by atoms with Gasteiger partial charge in [0.25, 0.3) is 0 Å². The van der Waals surface area contributed by atoms with Crippen molar-refractivity contribution in [3.8, 4) is 0 Å². The number of hydrogen-bond acceptors (Lipinski definition) is 4. The number of nitrogens with one attached hydrogen (secondary N) is 1. The lowest BCUT2D eigenvalue weighted by Crippen LogP contribution is -2.24. The molecular weight excluding hydrogens is 251 g/mol. The smallest absolute Gasteiger partial charge is 0.352 e. The van der Waals surface area contributed by atoms with Crippen molar-refractivity contribution in [2.75, 3.05) is 5.32 Å². The molecule has 1 aromatic heterocycles. The van der Waals surface area contributed by atoms with Crippen molar-refractivity contribution in [2.24, 2.45) is 0 Å². The molecule has 2 N–H and O–H groups in total. The van der Waals surface area contributed by atoms with Crippen molar-refractivity contribution >= 4 is 11.9 Å². The van der Waals surface area contributed by atoms with Gasteiger partial charge in [-0.05, 0) is 12.1 Å². The summed E-state index contributed by atoms with van der Waals surface area (Å²) in [6.07, 6.45) is 2.69. The Morgan fingerprint density at radius 1 is 1.42 bits per heavy atom. The number of benzene rings is 1. The van der Waals surface area contributed by atoms with Crippen molar-refractivity contribution in [3.63, 3.8) is 0 Å². The zero-order chi connectivity index (χ0) is 13.4. The maximum atomic E-state index is 13.8. The molecule has 19 heavy (non-hydrogen) atoms. The second-order valence-corrected chi connectivity index (χ2v) is 4.01. The standard InChI is InChI=1S/C12H9FN4O2/c13-8-4-2-1-3-7(8)10-5-9(11(18)19)16-12-14-6-15-17(10)12/h1-6,10H,(H,18,19)(H,14,15,16)/t10-/m1/s1. The van der Waals surface area contributed by atoms with Crippen LogP contribution in [0.4, 0.5) is 10.3 Å². The predicted molar refractivity (Wildman–Crippen MR) is 63.9 cm³/mol. The minimum Gasteiger partial charge on any atom is -0.477 e. The van der Waals surface area contributed by atoms with Gasteiger partial charge in [0.05, 0.1) is 0 Å². The van der Waals surface area contributed by atoms with Crippen LogP contribution in [0.15, 0.2) is 42.4 Å². The second-order valence-electron chi connectivity index (χ2n) is 4.01. The first-order valence-corrected chi connectivity index (χ1v) is 5.53. The molecule has 0 unspecified atom stereocenters. The summed E-state index contributed by atoms with van der Waals surface area (Å²) in [6.45, 7) is 0. The fraction of sp³-hybridized carbons (Fsp3) is 0.0833. The molecule has 96 valence electrons. The van der Waals surface area contributed by atoms with Crippen LogP contribution in [0.2, 0.25) is 0 Å². The zero-order valence-electron chi connectivity index (χ0n) is 9.62. The molecule has 1 aromatic carbocycles. The largest absolute Gasteiger partial charge is 0.477 e. The molecule has 1 aliphatic heterocycles. The van der Waals surface area contributed by atoms with Crippen LogP contribution in [-0.2, 0) is 4.79 Å². The lowest BCUT2D eigenvalue weighted by molar-refractivity contribution is -0.132. The number of allylic oxidation sites excluding steroid dienone is 1. The van der Waals surface area contributed by atoms with E-state index in [1.165, 1.54) is 23.2 Å². The van der Waals surface area contributed by atoms with Gasteiger partial charge in [-0.1, -0.05) is 18.2 Å². The summed E-state index contributed by atoms with van der Waals surface area (Å²) in [7, 11) is 0. The van der Waals surface area contributed by atoms with Crippen LogP contribution in [0.5, 0.6) is 0 Å². The topological polar surface area (TPSA) is 80.0 Å². The predicted octanol–water partition coefficient (Wildman–Crippen LogP) is 1.40. The molecule has 0 spiro atoms. The number of anilines is 1. The molecule has 2 heterocycles. The third-order valence-electron chi connectivity index (χ3n) is 2.86. The van der Waals surface area contributed by atoms with E-state index < -0.39 is 17.8 Å². The van der Waals surface area contributed by atoms with Crippen LogP contribution < -0.4 is 5.32 Å².